The highest BCUT2D eigenvalue weighted by atomic mass is 35.5. The molecule has 7 nitrogen and oxygen atoms in total. The average Bonchev–Trinajstić information content (AvgIpc) is 3.37. The predicted molar refractivity (Wildman–Crippen MR) is 121 cm³/mol. The van der Waals surface area contributed by atoms with E-state index in [1.54, 1.807) is 0 Å². The molecule has 11 heteroatoms. The maximum absolute atomic E-state index is 13.1. The van der Waals surface area contributed by atoms with Gasteiger partial charge >= 0.3 is 6.18 Å². The second-order valence-electron chi connectivity index (χ2n) is 9.41. The molecule has 3 aliphatic rings. The Morgan fingerprint density at radius 1 is 1.15 bits per heavy atom. The van der Waals surface area contributed by atoms with Crippen molar-refractivity contribution in [2.24, 2.45) is 0 Å². The third-order valence-corrected chi connectivity index (χ3v) is 7.43. The molecule has 1 fully saturated rings. The summed E-state index contributed by atoms with van der Waals surface area (Å²) in [6.45, 7) is 5.44. The van der Waals surface area contributed by atoms with E-state index in [1.807, 2.05) is 17.0 Å². The third kappa shape index (κ3) is 3.46. The summed E-state index contributed by atoms with van der Waals surface area (Å²) in [6.07, 6.45) is 0.838. The molecule has 2 aliphatic heterocycles. The van der Waals surface area contributed by atoms with E-state index < -0.39 is 12.0 Å². The maximum Gasteiger partial charge on any atom is 0.451 e. The molecule has 2 aromatic heterocycles. The zero-order chi connectivity index (χ0) is 23.7. The molecule has 34 heavy (non-hydrogen) atoms. The van der Waals surface area contributed by atoms with Gasteiger partial charge in [-0.2, -0.15) is 13.2 Å². The van der Waals surface area contributed by atoms with E-state index in [1.165, 1.54) is 6.42 Å². The number of aromatic nitrogens is 3. The van der Waals surface area contributed by atoms with Crippen LogP contribution in [0.25, 0.3) is 11.0 Å². The molecule has 0 saturated heterocycles. The third-order valence-electron chi connectivity index (χ3n) is 7.13. The topological polar surface area (TPSA) is 71.2 Å². The van der Waals surface area contributed by atoms with E-state index in [0.29, 0.717) is 23.9 Å². The molecular formula is C23H24ClF3N6O. The van der Waals surface area contributed by atoms with Gasteiger partial charge in [-0.1, -0.05) is 37.4 Å². The highest BCUT2D eigenvalue weighted by Gasteiger charge is 2.43. The van der Waals surface area contributed by atoms with Crippen molar-refractivity contribution in [1.29, 1.82) is 0 Å². The first-order valence-electron chi connectivity index (χ1n) is 11.4. The number of fused-ring (bicyclic) bond motifs is 5. The van der Waals surface area contributed by atoms with Gasteiger partial charge in [0.2, 0.25) is 5.82 Å². The minimum Gasteiger partial charge on any atom is -0.459 e. The Hall–Kier alpha value is -2.72. The van der Waals surface area contributed by atoms with Crippen LogP contribution in [0.15, 0.2) is 28.9 Å². The summed E-state index contributed by atoms with van der Waals surface area (Å²) >= 11 is 6.69. The van der Waals surface area contributed by atoms with Crippen LogP contribution in [0, 0.1) is 0 Å². The number of alkyl halides is 3. The van der Waals surface area contributed by atoms with Gasteiger partial charge in [-0.3, -0.25) is 4.90 Å². The van der Waals surface area contributed by atoms with Gasteiger partial charge in [0.25, 0.3) is 0 Å². The first-order valence-corrected chi connectivity index (χ1v) is 11.8. The van der Waals surface area contributed by atoms with E-state index in [0.717, 1.165) is 64.1 Å². The average molecular weight is 493 g/mol. The summed E-state index contributed by atoms with van der Waals surface area (Å²) in [6, 6.07) is 3.87. The van der Waals surface area contributed by atoms with Crippen molar-refractivity contribution in [3.05, 3.63) is 52.5 Å². The molecule has 0 unspecified atom stereocenters. The lowest BCUT2D eigenvalue weighted by molar-refractivity contribution is -0.148. The summed E-state index contributed by atoms with van der Waals surface area (Å²) in [5.41, 5.74) is 2.40. The quantitative estimate of drug-likeness (QED) is 0.502. The molecule has 6 rings (SSSR count). The number of halogens is 4. The van der Waals surface area contributed by atoms with Crippen molar-refractivity contribution in [3.63, 3.8) is 0 Å². The Labute approximate surface area is 198 Å². The fourth-order valence-electron chi connectivity index (χ4n) is 5.70. The summed E-state index contributed by atoms with van der Waals surface area (Å²) in [4.78, 5) is 2.02. The number of furan rings is 1. The molecule has 0 amide bonds. The van der Waals surface area contributed by atoms with Crippen molar-refractivity contribution >= 4 is 28.3 Å². The van der Waals surface area contributed by atoms with Crippen LogP contribution in [0.2, 0.25) is 5.02 Å². The number of benzene rings is 1. The normalized spacial score (nSPS) is 20.2. The molecule has 4 heterocycles. The van der Waals surface area contributed by atoms with Crippen LogP contribution in [0.3, 0.4) is 0 Å². The highest BCUT2D eigenvalue weighted by molar-refractivity contribution is 6.34. The smallest absolute Gasteiger partial charge is 0.451 e. The van der Waals surface area contributed by atoms with Crippen LogP contribution in [0.4, 0.5) is 18.9 Å². The van der Waals surface area contributed by atoms with Crippen LogP contribution in [-0.2, 0) is 31.3 Å². The molecule has 1 spiro atoms. The van der Waals surface area contributed by atoms with E-state index in [4.69, 9.17) is 16.0 Å². The van der Waals surface area contributed by atoms with Gasteiger partial charge in [0.15, 0.2) is 0 Å². The van der Waals surface area contributed by atoms with E-state index in [9.17, 15) is 13.2 Å². The molecule has 0 radical (unpaired) electrons. The molecule has 1 saturated carbocycles. The Bertz CT molecular complexity index is 1290. The first-order chi connectivity index (χ1) is 16.2. The molecule has 0 bridgehead atoms. The molecule has 1 aromatic carbocycles. The monoisotopic (exact) mass is 492 g/mol. The molecule has 1 aliphatic carbocycles. The maximum atomic E-state index is 13.1. The number of hydrogen-bond donors (Lipinski definition) is 2. The lowest BCUT2D eigenvalue weighted by atomic mass is 9.74. The fraction of sp³-hybridized carbons (Fsp3) is 0.478. The van der Waals surface area contributed by atoms with Crippen LogP contribution in [0.5, 0.6) is 0 Å². The standard InChI is InChI=1S/C23H24ClF3N6O/c1-13-28-19-16(24)10-14-9-15(34-20(14)18(19)22(29-13)5-3-2-4-6-22)11-32-7-8-33-17(12-32)30-31-21(33)23(25,26)27/h9-10,28-29H,1-8,11-12H2. The predicted octanol–water partition coefficient (Wildman–Crippen LogP) is 5.36. The molecule has 0 atom stereocenters. The zero-order valence-corrected chi connectivity index (χ0v) is 19.2. The van der Waals surface area contributed by atoms with E-state index in [-0.39, 0.29) is 18.6 Å². The number of nitrogens with one attached hydrogen (secondary N) is 2. The molecule has 2 N–H and O–H groups in total. The lowest BCUT2D eigenvalue weighted by Crippen LogP contribution is -2.48. The summed E-state index contributed by atoms with van der Waals surface area (Å²) in [5, 5.41) is 15.5. The van der Waals surface area contributed by atoms with Crippen LogP contribution < -0.4 is 10.6 Å². The second-order valence-corrected chi connectivity index (χ2v) is 9.82. The Kier molecular flexibility index (Phi) is 4.90. The van der Waals surface area contributed by atoms with E-state index >= 15 is 0 Å². The van der Waals surface area contributed by atoms with Crippen molar-refractivity contribution < 1.29 is 17.6 Å². The van der Waals surface area contributed by atoms with Crippen molar-refractivity contribution in [2.45, 2.75) is 63.5 Å². The summed E-state index contributed by atoms with van der Waals surface area (Å²) in [7, 11) is 0. The van der Waals surface area contributed by atoms with E-state index in [2.05, 4.69) is 27.4 Å². The zero-order valence-electron chi connectivity index (χ0n) is 18.4. The Morgan fingerprint density at radius 2 is 1.94 bits per heavy atom. The van der Waals surface area contributed by atoms with Gasteiger partial charge in [-0.15, -0.1) is 10.2 Å². The van der Waals surface area contributed by atoms with Crippen molar-refractivity contribution in [2.75, 3.05) is 11.9 Å². The number of hydrogen-bond acceptors (Lipinski definition) is 6. The van der Waals surface area contributed by atoms with Crippen molar-refractivity contribution in [1.82, 2.24) is 25.0 Å². The second kappa shape index (κ2) is 7.64. The number of rotatable bonds is 2. The van der Waals surface area contributed by atoms with Crippen LogP contribution >= 0.6 is 11.6 Å². The number of anilines is 1. The van der Waals surface area contributed by atoms with Gasteiger partial charge in [-0.05, 0) is 25.0 Å². The van der Waals surface area contributed by atoms with Gasteiger partial charge in [0, 0.05) is 24.0 Å². The van der Waals surface area contributed by atoms with Gasteiger partial charge in [0.1, 0.15) is 17.2 Å². The highest BCUT2D eigenvalue weighted by Crippen LogP contribution is 2.50. The molecule has 180 valence electrons. The lowest BCUT2D eigenvalue weighted by Gasteiger charge is -2.44. The number of nitrogens with zero attached hydrogens (tertiary/aromatic N) is 4. The minimum absolute atomic E-state index is 0.178. The first kappa shape index (κ1) is 21.8. The van der Waals surface area contributed by atoms with Gasteiger partial charge in [-0.25, -0.2) is 0 Å². The SMILES string of the molecule is C=C1Nc2c(Cl)cc3cc(CN4CCn5c(nnc5C(F)(F)F)C4)oc3c2C2(CCCCC2)N1. The Morgan fingerprint density at radius 3 is 2.71 bits per heavy atom. The summed E-state index contributed by atoms with van der Waals surface area (Å²) < 4.78 is 47.0. The van der Waals surface area contributed by atoms with Gasteiger partial charge in [0.05, 0.1) is 35.2 Å². The van der Waals surface area contributed by atoms with Crippen molar-refractivity contribution in [3.8, 4) is 0 Å². The molecular weight excluding hydrogens is 469 g/mol. The summed E-state index contributed by atoms with van der Waals surface area (Å²) in [5.74, 6) is 0.839. The fourth-order valence-corrected chi connectivity index (χ4v) is 5.96. The van der Waals surface area contributed by atoms with Crippen LogP contribution in [-0.4, -0.2) is 26.2 Å². The minimum atomic E-state index is -4.51. The van der Waals surface area contributed by atoms with Gasteiger partial charge < -0.3 is 19.6 Å². The molecule has 3 aromatic rings. The Balaban J connectivity index is 1.33. The largest absolute Gasteiger partial charge is 0.459 e. The van der Waals surface area contributed by atoms with Crippen LogP contribution in [0.1, 0.15) is 55.1 Å².